The van der Waals surface area contributed by atoms with Crippen molar-refractivity contribution in [3.8, 4) is 0 Å². The SMILES string of the molecule is OCCOC1C=CC(SC2C=CC(OCCO)C=C2)C=C1. The molecule has 2 N–H and O–H groups in total. The monoisotopic (exact) mass is 310 g/mol. The Morgan fingerprint density at radius 1 is 0.667 bits per heavy atom. The number of hydrogen-bond acceptors (Lipinski definition) is 5. The van der Waals surface area contributed by atoms with Gasteiger partial charge in [0, 0.05) is 10.5 Å². The number of hydrogen-bond donors (Lipinski definition) is 2. The molecule has 2 rings (SSSR count). The minimum absolute atomic E-state index is 0.0253. The van der Waals surface area contributed by atoms with E-state index in [-0.39, 0.29) is 25.4 Å². The fourth-order valence-electron chi connectivity index (χ4n) is 2.10. The fourth-order valence-corrected chi connectivity index (χ4v) is 3.18. The molecule has 116 valence electrons. The Morgan fingerprint density at radius 2 is 1.05 bits per heavy atom. The molecule has 0 aliphatic heterocycles. The predicted octanol–water partition coefficient (Wildman–Crippen LogP) is 1.46. The third-order valence-electron chi connectivity index (χ3n) is 3.08. The predicted molar refractivity (Wildman–Crippen MR) is 85.4 cm³/mol. The fraction of sp³-hybridized carbons (Fsp3) is 0.500. The van der Waals surface area contributed by atoms with E-state index in [1.54, 1.807) is 0 Å². The van der Waals surface area contributed by atoms with Crippen LogP contribution >= 0.6 is 11.8 Å². The summed E-state index contributed by atoms with van der Waals surface area (Å²) in [6.45, 7) is 0.821. The Balaban J connectivity index is 1.72. The normalized spacial score (nSPS) is 31.0. The first-order valence-corrected chi connectivity index (χ1v) is 8.10. The van der Waals surface area contributed by atoms with Crippen LogP contribution in [0.2, 0.25) is 0 Å². The van der Waals surface area contributed by atoms with E-state index in [0.717, 1.165) is 0 Å². The van der Waals surface area contributed by atoms with Crippen LogP contribution in [-0.2, 0) is 9.47 Å². The van der Waals surface area contributed by atoms with Crippen molar-refractivity contribution in [3.63, 3.8) is 0 Å². The lowest BCUT2D eigenvalue weighted by molar-refractivity contribution is 0.0769. The van der Waals surface area contributed by atoms with E-state index in [2.05, 4.69) is 24.3 Å². The lowest BCUT2D eigenvalue weighted by Crippen LogP contribution is -2.17. The van der Waals surface area contributed by atoms with Crippen molar-refractivity contribution in [1.29, 1.82) is 0 Å². The highest BCUT2D eigenvalue weighted by Crippen LogP contribution is 2.27. The van der Waals surface area contributed by atoms with Gasteiger partial charge in [-0.25, -0.2) is 0 Å². The number of aliphatic hydroxyl groups excluding tert-OH is 2. The van der Waals surface area contributed by atoms with Gasteiger partial charge in [-0.1, -0.05) is 48.6 Å². The summed E-state index contributed by atoms with van der Waals surface area (Å²) < 4.78 is 10.8. The molecule has 0 radical (unpaired) electrons. The van der Waals surface area contributed by atoms with Crippen molar-refractivity contribution in [1.82, 2.24) is 0 Å². The third kappa shape index (κ3) is 5.80. The number of rotatable bonds is 8. The standard InChI is InChI=1S/C16H22O4S/c17-9-11-19-13-1-5-15(6-2-13)21-16-7-3-14(4-8-16)20-12-10-18/h1-8,13-18H,9-12H2. The van der Waals surface area contributed by atoms with Gasteiger partial charge in [0.15, 0.2) is 0 Å². The lowest BCUT2D eigenvalue weighted by Gasteiger charge is -2.21. The second kappa shape index (κ2) is 9.23. The maximum Gasteiger partial charge on any atom is 0.0939 e. The molecule has 0 amide bonds. The number of ether oxygens (including phenoxy) is 2. The van der Waals surface area contributed by atoms with Crippen molar-refractivity contribution in [3.05, 3.63) is 48.6 Å². The summed E-state index contributed by atoms with van der Waals surface area (Å²) in [5.41, 5.74) is 0. The average molecular weight is 310 g/mol. The van der Waals surface area contributed by atoms with Gasteiger partial charge in [0.2, 0.25) is 0 Å². The lowest BCUT2D eigenvalue weighted by atomic mass is 10.1. The molecular formula is C16H22O4S. The first-order valence-electron chi connectivity index (χ1n) is 7.15. The van der Waals surface area contributed by atoms with E-state index in [1.807, 2.05) is 36.1 Å². The van der Waals surface area contributed by atoms with Gasteiger partial charge < -0.3 is 19.7 Å². The number of thioether (sulfide) groups is 1. The molecule has 4 nitrogen and oxygen atoms in total. The van der Waals surface area contributed by atoms with Crippen LogP contribution in [0.3, 0.4) is 0 Å². The van der Waals surface area contributed by atoms with Gasteiger partial charge in [-0.05, 0) is 0 Å². The summed E-state index contributed by atoms with van der Waals surface area (Å²) in [5, 5.41) is 18.1. The second-order valence-corrected chi connectivity index (χ2v) is 6.08. The van der Waals surface area contributed by atoms with E-state index in [1.165, 1.54) is 0 Å². The minimum Gasteiger partial charge on any atom is -0.394 e. The molecule has 0 heterocycles. The van der Waals surface area contributed by atoms with Crippen molar-refractivity contribution < 1.29 is 19.7 Å². The summed E-state index contributed by atoms with van der Waals surface area (Å²) in [6, 6.07) is 0. The topological polar surface area (TPSA) is 58.9 Å². The highest BCUT2D eigenvalue weighted by atomic mass is 32.2. The molecule has 0 saturated carbocycles. The Hall–Kier alpha value is -0.850. The molecule has 0 spiro atoms. The highest BCUT2D eigenvalue weighted by Gasteiger charge is 2.16. The average Bonchev–Trinajstić information content (AvgIpc) is 2.53. The van der Waals surface area contributed by atoms with Gasteiger partial charge in [-0.15, -0.1) is 11.8 Å². The van der Waals surface area contributed by atoms with Crippen LogP contribution < -0.4 is 0 Å². The largest absolute Gasteiger partial charge is 0.394 e. The number of aliphatic hydroxyl groups is 2. The zero-order chi connectivity index (χ0) is 14.9. The van der Waals surface area contributed by atoms with Crippen molar-refractivity contribution in [2.24, 2.45) is 0 Å². The highest BCUT2D eigenvalue weighted by molar-refractivity contribution is 8.01. The Labute approximate surface area is 129 Å². The maximum absolute atomic E-state index is 8.72. The zero-order valence-corrected chi connectivity index (χ0v) is 12.7. The molecule has 2 aliphatic carbocycles. The summed E-state index contributed by atoms with van der Waals surface area (Å²) in [5.74, 6) is 0. The van der Waals surface area contributed by atoms with Gasteiger partial charge in [0.25, 0.3) is 0 Å². The summed E-state index contributed by atoms with van der Waals surface area (Å²) in [4.78, 5) is 0. The molecule has 0 aromatic carbocycles. The van der Waals surface area contributed by atoms with Gasteiger partial charge in [-0.3, -0.25) is 0 Å². The molecular weight excluding hydrogens is 288 g/mol. The van der Waals surface area contributed by atoms with Crippen LogP contribution in [0.1, 0.15) is 0 Å². The molecule has 0 saturated heterocycles. The molecule has 0 bridgehead atoms. The maximum atomic E-state index is 8.72. The van der Waals surface area contributed by atoms with Gasteiger partial charge in [0.05, 0.1) is 38.6 Å². The Bertz CT molecular complexity index is 351. The molecule has 0 aromatic heterocycles. The van der Waals surface area contributed by atoms with Crippen LogP contribution in [0.25, 0.3) is 0 Å². The second-order valence-electron chi connectivity index (χ2n) is 4.72. The first kappa shape index (κ1) is 16.5. The summed E-state index contributed by atoms with van der Waals surface area (Å²) in [7, 11) is 0. The van der Waals surface area contributed by atoms with Gasteiger partial charge >= 0.3 is 0 Å². The van der Waals surface area contributed by atoms with E-state index in [9.17, 15) is 0 Å². The smallest absolute Gasteiger partial charge is 0.0939 e. The molecule has 2 aliphatic rings. The quantitative estimate of drug-likeness (QED) is 0.665. The summed E-state index contributed by atoms with van der Waals surface area (Å²) in [6.07, 6.45) is 16.6. The molecule has 5 heteroatoms. The van der Waals surface area contributed by atoms with E-state index >= 15 is 0 Å². The van der Waals surface area contributed by atoms with Gasteiger partial charge in [-0.2, -0.15) is 0 Å². The van der Waals surface area contributed by atoms with Crippen LogP contribution in [0.4, 0.5) is 0 Å². The first-order chi connectivity index (χ1) is 10.3. The zero-order valence-electron chi connectivity index (χ0n) is 11.9. The van der Waals surface area contributed by atoms with Gasteiger partial charge in [0.1, 0.15) is 0 Å². The summed E-state index contributed by atoms with van der Waals surface area (Å²) >= 11 is 1.84. The minimum atomic E-state index is -0.0253. The van der Waals surface area contributed by atoms with Crippen LogP contribution in [0.5, 0.6) is 0 Å². The van der Waals surface area contributed by atoms with Crippen molar-refractivity contribution in [2.45, 2.75) is 22.7 Å². The molecule has 21 heavy (non-hydrogen) atoms. The van der Waals surface area contributed by atoms with Crippen molar-refractivity contribution >= 4 is 11.8 Å². The van der Waals surface area contributed by atoms with Crippen molar-refractivity contribution in [2.75, 3.05) is 26.4 Å². The van der Waals surface area contributed by atoms with E-state index in [4.69, 9.17) is 19.7 Å². The molecule has 0 unspecified atom stereocenters. The molecule has 0 fully saturated rings. The molecule has 0 aromatic rings. The Morgan fingerprint density at radius 3 is 1.38 bits per heavy atom. The molecule has 0 atom stereocenters. The third-order valence-corrected chi connectivity index (χ3v) is 4.34. The van der Waals surface area contributed by atoms with E-state index < -0.39 is 0 Å². The Kier molecular flexibility index (Phi) is 7.26. The van der Waals surface area contributed by atoms with Crippen LogP contribution in [-0.4, -0.2) is 59.3 Å². The van der Waals surface area contributed by atoms with Crippen LogP contribution in [0.15, 0.2) is 48.6 Å². The van der Waals surface area contributed by atoms with Crippen LogP contribution in [0, 0.1) is 0 Å². The van der Waals surface area contributed by atoms with E-state index in [0.29, 0.717) is 23.7 Å².